The van der Waals surface area contributed by atoms with Crippen molar-refractivity contribution < 1.29 is 14.6 Å². The fourth-order valence-electron chi connectivity index (χ4n) is 2.42. The molecule has 5 nitrogen and oxygen atoms in total. The van der Waals surface area contributed by atoms with Gasteiger partial charge in [-0.15, -0.1) is 0 Å². The molecule has 26 heavy (non-hydrogen) atoms. The van der Waals surface area contributed by atoms with Crippen LogP contribution in [0.25, 0.3) is 0 Å². The van der Waals surface area contributed by atoms with Crippen LogP contribution in [0, 0.1) is 17.8 Å². The Morgan fingerprint density at radius 2 is 2.12 bits per heavy atom. The molecule has 1 fully saturated rings. The quantitative estimate of drug-likeness (QED) is 0.588. The van der Waals surface area contributed by atoms with Crippen molar-refractivity contribution in [3.8, 4) is 17.6 Å². The van der Waals surface area contributed by atoms with Gasteiger partial charge in [0.2, 0.25) is 0 Å². The fourth-order valence-corrected chi connectivity index (χ4v) is 2.42. The summed E-state index contributed by atoms with van der Waals surface area (Å²) >= 11 is 0. The minimum absolute atomic E-state index is 0.0486. The third kappa shape index (κ3) is 5.87. The molecule has 1 aliphatic rings. The summed E-state index contributed by atoms with van der Waals surface area (Å²) < 4.78 is 5.53. The smallest absolute Gasteiger partial charge is 0.415 e. The van der Waals surface area contributed by atoms with Gasteiger partial charge >= 0.3 is 6.09 Å². The van der Waals surface area contributed by atoms with E-state index in [0.29, 0.717) is 23.8 Å². The van der Waals surface area contributed by atoms with Crippen LogP contribution in [0.1, 0.15) is 53.9 Å². The Hall–Kier alpha value is -2.35. The molecule has 1 amide bonds. The van der Waals surface area contributed by atoms with Gasteiger partial charge < -0.3 is 15.2 Å². The largest absolute Gasteiger partial charge is 0.506 e. The van der Waals surface area contributed by atoms with Gasteiger partial charge in [0.25, 0.3) is 0 Å². The monoisotopic (exact) mass is 358 g/mol. The van der Waals surface area contributed by atoms with Gasteiger partial charge in [-0.3, -0.25) is 4.90 Å². The lowest BCUT2D eigenvalue weighted by Gasteiger charge is -2.31. The lowest BCUT2D eigenvalue weighted by Crippen LogP contribution is -2.42. The number of aromatic hydroxyl groups is 1. The molecule has 0 radical (unpaired) electrons. The maximum absolute atomic E-state index is 12.6. The van der Waals surface area contributed by atoms with Crippen LogP contribution < -0.4 is 10.2 Å². The van der Waals surface area contributed by atoms with E-state index in [1.165, 1.54) is 12.8 Å². The third-order valence-electron chi connectivity index (χ3n) is 4.13. The predicted octanol–water partition coefficient (Wildman–Crippen LogP) is 4.76. The summed E-state index contributed by atoms with van der Waals surface area (Å²) in [5.74, 6) is 6.90. The summed E-state index contributed by atoms with van der Waals surface area (Å²) in [6, 6.07) is 5.12. The van der Waals surface area contributed by atoms with Gasteiger partial charge in [0, 0.05) is 18.0 Å². The van der Waals surface area contributed by atoms with Crippen molar-refractivity contribution >= 4 is 17.5 Å². The van der Waals surface area contributed by atoms with Crippen LogP contribution in [0.15, 0.2) is 18.2 Å². The topological polar surface area (TPSA) is 61.8 Å². The number of benzene rings is 1. The summed E-state index contributed by atoms with van der Waals surface area (Å²) in [4.78, 5) is 14.2. The molecule has 0 bridgehead atoms. The summed E-state index contributed by atoms with van der Waals surface area (Å²) in [6.45, 7) is 9.98. The van der Waals surface area contributed by atoms with Gasteiger partial charge in [-0.2, -0.15) is 0 Å². The van der Waals surface area contributed by atoms with Gasteiger partial charge in [-0.1, -0.05) is 18.8 Å². The molecule has 0 spiro atoms. The van der Waals surface area contributed by atoms with E-state index in [1.54, 1.807) is 17.0 Å². The number of hydrogen-bond donors (Lipinski definition) is 2. The highest BCUT2D eigenvalue weighted by Crippen LogP contribution is 2.31. The van der Waals surface area contributed by atoms with E-state index < -0.39 is 11.7 Å². The van der Waals surface area contributed by atoms with Crippen LogP contribution in [0.4, 0.5) is 16.2 Å². The van der Waals surface area contributed by atoms with Crippen molar-refractivity contribution in [2.24, 2.45) is 5.92 Å². The minimum Gasteiger partial charge on any atom is -0.506 e. The average molecular weight is 358 g/mol. The number of phenolic OH excluding ortho intramolecular Hbond substituents is 1. The van der Waals surface area contributed by atoms with E-state index in [0.717, 1.165) is 6.42 Å². The summed E-state index contributed by atoms with van der Waals surface area (Å²) in [6.07, 6.45) is 2.75. The first kappa shape index (κ1) is 20.0. The molecule has 2 N–H and O–H groups in total. The number of nitrogens with zero attached hydrogens (tertiary/aromatic N) is 1. The number of amides is 1. The molecule has 0 saturated heterocycles. The summed E-state index contributed by atoms with van der Waals surface area (Å²) in [5.41, 5.74) is 0.639. The highest BCUT2D eigenvalue weighted by atomic mass is 16.6. The van der Waals surface area contributed by atoms with Crippen LogP contribution in [-0.2, 0) is 4.74 Å². The molecule has 1 aromatic carbocycles. The van der Waals surface area contributed by atoms with Gasteiger partial charge in [-0.05, 0) is 59.1 Å². The summed E-state index contributed by atoms with van der Waals surface area (Å²) in [5, 5.41) is 13.5. The Morgan fingerprint density at radius 3 is 2.65 bits per heavy atom. The molecule has 0 aliphatic heterocycles. The molecule has 0 heterocycles. The number of anilines is 2. The number of nitrogens with one attached hydrogen (secondary N) is 1. The van der Waals surface area contributed by atoms with Gasteiger partial charge in [0.15, 0.2) is 0 Å². The minimum atomic E-state index is -0.577. The molecule has 1 saturated carbocycles. The average Bonchev–Trinajstić information content (AvgIpc) is 3.35. The van der Waals surface area contributed by atoms with Crippen LogP contribution in [-0.4, -0.2) is 29.4 Å². The number of phenols is 1. The molecule has 5 heteroatoms. The second-order valence-electron chi connectivity index (χ2n) is 7.76. The first-order valence-corrected chi connectivity index (χ1v) is 9.28. The Bertz CT molecular complexity index is 693. The molecular weight excluding hydrogens is 328 g/mol. The zero-order valence-corrected chi connectivity index (χ0v) is 16.4. The number of ether oxygens (including phenoxy) is 1. The van der Waals surface area contributed by atoms with Crippen LogP contribution in [0.2, 0.25) is 0 Å². The molecule has 1 atom stereocenters. The molecule has 1 aromatic rings. The van der Waals surface area contributed by atoms with E-state index in [9.17, 15) is 9.90 Å². The predicted molar refractivity (Wildman–Crippen MR) is 106 cm³/mol. The Labute approximate surface area is 156 Å². The molecule has 2 rings (SSSR count). The Morgan fingerprint density at radius 1 is 1.42 bits per heavy atom. The maximum Gasteiger partial charge on any atom is 0.415 e. The normalized spacial score (nSPS) is 14.8. The molecule has 1 aliphatic carbocycles. The first-order chi connectivity index (χ1) is 12.2. The zero-order valence-electron chi connectivity index (χ0n) is 16.4. The van der Waals surface area contributed by atoms with Crippen molar-refractivity contribution in [1.29, 1.82) is 0 Å². The first-order valence-electron chi connectivity index (χ1n) is 9.28. The molecule has 1 unspecified atom stereocenters. The van der Waals surface area contributed by atoms with Crippen molar-refractivity contribution in [3.63, 3.8) is 0 Å². The number of hydrogen-bond acceptors (Lipinski definition) is 4. The lowest BCUT2D eigenvalue weighted by atomic mass is 10.1. The highest BCUT2D eigenvalue weighted by Gasteiger charge is 2.27. The molecular formula is C21H30N2O3. The second-order valence-corrected chi connectivity index (χ2v) is 7.76. The second kappa shape index (κ2) is 8.35. The molecule has 142 valence electrons. The van der Waals surface area contributed by atoms with Gasteiger partial charge in [0.05, 0.1) is 17.9 Å². The van der Waals surface area contributed by atoms with Crippen molar-refractivity contribution in [2.45, 2.75) is 65.5 Å². The Balaban J connectivity index is 2.13. The van der Waals surface area contributed by atoms with Crippen molar-refractivity contribution in [3.05, 3.63) is 18.2 Å². The van der Waals surface area contributed by atoms with Gasteiger partial charge in [0.1, 0.15) is 11.4 Å². The summed E-state index contributed by atoms with van der Waals surface area (Å²) in [7, 11) is 0. The molecule has 0 aromatic heterocycles. The maximum atomic E-state index is 12.6. The van der Waals surface area contributed by atoms with E-state index in [2.05, 4.69) is 17.2 Å². The van der Waals surface area contributed by atoms with Crippen LogP contribution in [0.3, 0.4) is 0 Å². The fraction of sp³-hybridized carbons (Fsp3) is 0.571. The Kier molecular flexibility index (Phi) is 6.42. The van der Waals surface area contributed by atoms with Crippen molar-refractivity contribution in [1.82, 2.24) is 0 Å². The lowest BCUT2D eigenvalue weighted by molar-refractivity contribution is 0.0567. The SMILES string of the molecule is CCC(C)N(C(=O)OC(C)(C)C)c1ccc(NCC#CC2CC2)c(O)c1. The number of carbonyl (C=O) groups excluding carboxylic acids is 1. The third-order valence-corrected chi connectivity index (χ3v) is 4.13. The van der Waals surface area contributed by atoms with E-state index >= 15 is 0 Å². The van der Waals surface area contributed by atoms with E-state index in [4.69, 9.17) is 4.74 Å². The number of rotatable bonds is 5. The highest BCUT2D eigenvalue weighted by molar-refractivity contribution is 5.89. The van der Waals surface area contributed by atoms with Crippen LogP contribution >= 0.6 is 0 Å². The zero-order chi connectivity index (χ0) is 19.3. The van der Waals surface area contributed by atoms with E-state index in [-0.39, 0.29) is 11.8 Å². The standard InChI is InChI=1S/C21H30N2O3/c1-6-15(2)23(20(25)26-21(3,4)5)17-11-12-18(19(24)14-17)22-13-7-8-16-9-10-16/h11-12,14-16,22,24H,6,9-10,13H2,1-5H3. The van der Waals surface area contributed by atoms with Crippen LogP contribution in [0.5, 0.6) is 5.75 Å². The van der Waals surface area contributed by atoms with E-state index in [1.807, 2.05) is 40.7 Å². The van der Waals surface area contributed by atoms with Gasteiger partial charge in [-0.25, -0.2) is 4.79 Å². The van der Waals surface area contributed by atoms with Crippen molar-refractivity contribution in [2.75, 3.05) is 16.8 Å². The number of carbonyl (C=O) groups is 1.